The molecular weight excluding hydrogens is 330 g/mol. The molecule has 0 atom stereocenters. The number of aliphatic hydroxyl groups is 1. The standard InChI is InChI=1S/C19H17N5O2/c1-19(2,26)14-7-11(3-4-12(14)8-20)15-10-23-18-17(24-15)13(9-22-18)5-6-16(21)25/h3-7,9-10,26H,1-2H3,(H2,21,25)(H,22,23)/b6-5+. The third-order valence-corrected chi connectivity index (χ3v) is 3.93. The van der Waals surface area contributed by atoms with Gasteiger partial charge in [-0.25, -0.2) is 9.97 Å². The largest absolute Gasteiger partial charge is 0.386 e. The summed E-state index contributed by atoms with van der Waals surface area (Å²) >= 11 is 0. The van der Waals surface area contributed by atoms with Crippen molar-refractivity contribution in [3.8, 4) is 17.3 Å². The quantitative estimate of drug-likeness (QED) is 0.623. The molecule has 0 aliphatic carbocycles. The minimum Gasteiger partial charge on any atom is -0.386 e. The molecule has 0 saturated carbocycles. The van der Waals surface area contributed by atoms with Crippen LogP contribution in [0.15, 0.2) is 36.7 Å². The lowest BCUT2D eigenvalue weighted by atomic mass is 9.91. The summed E-state index contributed by atoms with van der Waals surface area (Å²) in [5.74, 6) is -0.551. The number of nitrogens with zero attached hydrogens (tertiary/aromatic N) is 3. The molecule has 26 heavy (non-hydrogen) atoms. The molecule has 2 aromatic heterocycles. The fourth-order valence-electron chi connectivity index (χ4n) is 2.66. The first-order chi connectivity index (χ1) is 12.3. The molecule has 0 aliphatic heterocycles. The van der Waals surface area contributed by atoms with Gasteiger partial charge in [-0.15, -0.1) is 0 Å². The van der Waals surface area contributed by atoms with Crippen LogP contribution in [0.5, 0.6) is 0 Å². The number of carbonyl (C=O) groups is 1. The van der Waals surface area contributed by atoms with Gasteiger partial charge in [-0.3, -0.25) is 4.79 Å². The summed E-state index contributed by atoms with van der Waals surface area (Å²) in [6.45, 7) is 3.25. The molecule has 0 unspecified atom stereocenters. The Hall–Kier alpha value is -3.50. The molecule has 7 nitrogen and oxygen atoms in total. The number of nitriles is 1. The van der Waals surface area contributed by atoms with Gasteiger partial charge in [0.25, 0.3) is 0 Å². The predicted molar refractivity (Wildman–Crippen MR) is 97.5 cm³/mol. The van der Waals surface area contributed by atoms with Gasteiger partial charge in [0.15, 0.2) is 5.65 Å². The topological polar surface area (TPSA) is 129 Å². The average Bonchev–Trinajstić information content (AvgIpc) is 3.00. The van der Waals surface area contributed by atoms with Crippen LogP contribution in [0.4, 0.5) is 0 Å². The van der Waals surface area contributed by atoms with Crippen LogP contribution in [0.2, 0.25) is 0 Å². The molecule has 2 heterocycles. The Balaban J connectivity index is 2.13. The summed E-state index contributed by atoms with van der Waals surface area (Å²) in [5, 5.41) is 19.6. The first-order valence-electron chi connectivity index (χ1n) is 7.88. The van der Waals surface area contributed by atoms with Crippen LogP contribution in [0.1, 0.15) is 30.5 Å². The first-order valence-corrected chi connectivity index (χ1v) is 7.88. The lowest BCUT2D eigenvalue weighted by Crippen LogP contribution is -2.17. The van der Waals surface area contributed by atoms with Crippen molar-refractivity contribution in [1.29, 1.82) is 5.26 Å². The van der Waals surface area contributed by atoms with E-state index in [1.165, 1.54) is 6.08 Å². The molecule has 0 bridgehead atoms. The van der Waals surface area contributed by atoms with E-state index >= 15 is 0 Å². The zero-order chi connectivity index (χ0) is 18.9. The van der Waals surface area contributed by atoms with E-state index in [9.17, 15) is 15.2 Å². The second kappa shape index (κ2) is 6.43. The van der Waals surface area contributed by atoms with Crippen molar-refractivity contribution >= 4 is 23.1 Å². The Morgan fingerprint density at radius 3 is 2.85 bits per heavy atom. The Morgan fingerprint density at radius 1 is 1.42 bits per heavy atom. The van der Waals surface area contributed by atoms with Crippen LogP contribution < -0.4 is 5.73 Å². The highest BCUT2D eigenvalue weighted by molar-refractivity contribution is 5.93. The number of nitrogens with two attached hydrogens (primary N) is 1. The van der Waals surface area contributed by atoms with Crippen LogP contribution in [0.3, 0.4) is 0 Å². The molecule has 0 spiro atoms. The van der Waals surface area contributed by atoms with Gasteiger partial charge in [-0.05, 0) is 32.1 Å². The summed E-state index contributed by atoms with van der Waals surface area (Å²) in [6.07, 6.45) is 6.12. The number of carbonyl (C=O) groups excluding carboxylic acids is 1. The van der Waals surface area contributed by atoms with Gasteiger partial charge in [0.1, 0.15) is 5.52 Å². The Bertz CT molecular complexity index is 1070. The molecular formula is C19H17N5O2. The molecule has 130 valence electrons. The Morgan fingerprint density at radius 2 is 2.19 bits per heavy atom. The lowest BCUT2D eigenvalue weighted by molar-refractivity contribution is -0.113. The number of nitrogens with one attached hydrogen (secondary N) is 1. The van der Waals surface area contributed by atoms with E-state index in [2.05, 4.69) is 21.0 Å². The average molecular weight is 347 g/mol. The van der Waals surface area contributed by atoms with Gasteiger partial charge in [0.2, 0.25) is 5.91 Å². The van der Waals surface area contributed by atoms with E-state index < -0.39 is 11.5 Å². The van der Waals surface area contributed by atoms with Crippen molar-refractivity contribution in [1.82, 2.24) is 15.0 Å². The van der Waals surface area contributed by atoms with Crippen molar-refractivity contribution in [2.45, 2.75) is 19.4 Å². The van der Waals surface area contributed by atoms with E-state index in [-0.39, 0.29) is 0 Å². The molecule has 1 aromatic carbocycles. The van der Waals surface area contributed by atoms with Crippen LogP contribution in [0.25, 0.3) is 28.5 Å². The van der Waals surface area contributed by atoms with Crippen LogP contribution in [0, 0.1) is 11.3 Å². The highest BCUT2D eigenvalue weighted by Gasteiger charge is 2.21. The number of primary amides is 1. The maximum Gasteiger partial charge on any atom is 0.241 e. The van der Waals surface area contributed by atoms with Gasteiger partial charge in [-0.2, -0.15) is 5.26 Å². The second-order valence-electron chi connectivity index (χ2n) is 6.36. The van der Waals surface area contributed by atoms with Gasteiger partial charge in [0, 0.05) is 29.0 Å². The molecule has 3 aromatic rings. The van der Waals surface area contributed by atoms with E-state index in [0.717, 1.165) is 5.56 Å². The van der Waals surface area contributed by atoms with Crippen LogP contribution >= 0.6 is 0 Å². The lowest BCUT2D eigenvalue weighted by Gasteiger charge is -2.20. The minimum absolute atomic E-state index is 0.405. The van der Waals surface area contributed by atoms with E-state index in [1.54, 1.807) is 50.5 Å². The summed E-state index contributed by atoms with van der Waals surface area (Å²) in [7, 11) is 0. The smallest absolute Gasteiger partial charge is 0.241 e. The molecule has 0 radical (unpaired) electrons. The Kier molecular flexibility index (Phi) is 4.28. The highest BCUT2D eigenvalue weighted by atomic mass is 16.3. The fourth-order valence-corrected chi connectivity index (χ4v) is 2.66. The molecule has 3 rings (SSSR count). The normalized spacial score (nSPS) is 11.8. The molecule has 4 N–H and O–H groups in total. The van der Waals surface area contributed by atoms with Crippen molar-refractivity contribution in [3.05, 3.63) is 53.4 Å². The predicted octanol–water partition coefficient (Wildman–Crippen LogP) is 2.22. The number of aromatic amines is 1. The number of hydrogen-bond donors (Lipinski definition) is 3. The van der Waals surface area contributed by atoms with E-state index in [4.69, 9.17) is 5.73 Å². The maximum absolute atomic E-state index is 10.9. The highest BCUT2D eigenvalue weighted by Crippen LogP contribution is 2.29. The zero-order valence-electron chi connectivity index (χ0n) is 14.3. The van der Waals surface area contributed by atoms with Crippen LogP contribution in [-0.2, 0) is 10.4 Å². The maximum atomic E-state index is 10.9. The van der Waals surface area contributed by atoms with Gasteiger partial charge < -0.3 is 15.8 Å². The third kappa shape index (κ3) is 3.31. The molecule has 0 aliphatic rings. The van der Waals surface area contributed by atoms with Gasteiger partial charge >= 0.3 is 0 Å². The SMILES string of the molecule is CC(C)(O)c1cc(-c2cnc3[nH]cc(/C=C/C(N)=O)c3n2)ccc1C#N. The number of H-pyrrole nitrogens is 1. The van der Waals surface area contributed by atoms with Crippen molar-refractivity contribution in [2.24, 2.45) is 5.73 Å². The van der Waals surface area contributed by atoms with Crippen molar-refractivity contribution in [2.75, 3.05) is 0 Å². The molecule has 1 amide bonds. The molecule has 0 saturated heterocycles. The third-order valence-electron chi connectivity index (χ3n) is 3.93. The number of rotatable bonds is 4. The number of aromatic nitrogens is 3. The molecule has 7 heteroatoms. The number of amides is 1. The minimum atomic E-state index is -1.16. The second-order valence-corrected chi connectivity index (χ2v) is 6.36. The van der Waals surface area contributed by atoms with Crippen molar-refractivity contribution in [3.63, 3.8) is 0 Å². The monoisotopic (exact) mass is 347 g/mol. The van der Waals surface area contributed by atoms with Gasteiger partial charge in [0.05, 0.1) is 29.1 Å². The molecule has 0 fully saturated rings. The van der Waals surface area contributed by atoms with Crippen molar-refractivity contribution < 1.29 is 9.90 Å². The van der Waals surface area contributed by atoms with Crippen LogP contribution in [-0.4, -0.2) is 26.0 Å². The number of hydrogen-bond acceptors (Lipinski definition) is 5. The summed E-state index contributed by atoms with van der Waals surface area (Å²) in [4.78, 5) is 22.9. The Labute approximate surface area is 149 Å². The summed E-state index contributed by atoms with van der Waals surface area (Å²) in [6, 6.07) is 7.24. The summed E-state index contributed by atoms with van der Waals surface area (Å²) < 4.78 is 0. The van der Waals surface area contributed by atoms with E-state index in [0.29, 0.717) is 33.5 Å². The first kappa shape index (κ1) is 17.3. The van der Waals surface area contributed by atoms with Gasteiger partial charge in [-0.1, -0.05) is 6.07 Å². The summed E-state index contributed by atoms with van der Waals surface area (Å²) in [5.41, 5.74) is 8.06. The van der Waals surface area contributed by atoms with E-state index in [1.807, 2.05) is 0 Å². The fraction of sp³-hybridized carbons (Fsp3) is 0.158. The number of fused-ring (bicyclic) bond motifs is 1. The number of benzene rings is 1. The zero-order valence-corrected chi connectivity index (χ0v) is 14.3.